The summed E-state index contributed by atoms with van der Waals surface area (Å²) in [6.45, 7) is 0. The molecule has 9 heteroatoms. The Hall–Kier alpha value is -3.72. The molecule has 3 aromatic rings. The Morgan fingerprint density at radius 2 is 1.50 bits per heavy atom. The van der Waals surface area contributed by atoms with E-state index in [1.54, 1.807) is 30.3 Å². The van der Waals surface area contributed by atoms with Crippen LogP contribution >= 0.6 is 11.8 Å². The lowest BCUT2D eigenvalue weighted by molar-refractivity contribution is -0.384. The van der Waals surface area contributed by atoms with Gasteiger partial charge in [-0.3, -0.25) is 19.7 Å². The van der Waals surface area contributed by atoms with Gasteiger partial charge in [0.2, 0.25) is 5.91 Å². The van der Waals surface area contributed by atoms with E-state index in [9.17, 15) is 24.1 Å². The molecular weight excluding hydrogens is 409 g/mol. The van der Waals surface area contributed by atoms with Crippen LogP contribution < -0.4 is 10.6 Å². The van der Waals surface area contributed by atoms with Crippen molar-refractivity contribution in [1.82, 2.24) is 0 Å². The number of halogens is 1. The smallest absolute Gasteiger partial charge is 0.269 e. The lowest BCUT2D eigenvalue weighted by Gasteiger charge is -2.08. The number of hydrogen-bond donors (Lipinski definition) is 2. The van der Waals surface area contributed by atoms with Crippen LogP contribution in [-0.4, -0.2) is 22.5 Å². The second kappa shape index (κ2) is 9.66. The second-order valence-electron chi connectivity index (χ2n) is 6.10. The number of nitro benzene ring substituents is 1. The molecule has 0 saturated carbocycles. The first-order chi connectivity index (χ1) is 14.4. The second-order valence-corrected chi connectivity index (χ2v) is 7.15. The molecule has 2 amide bonds. The number of anilines is 2. The average Bonchev–Trinajstić information content (AvgIpc) is 2.74. The first kappa shape index (κ1) is 21.0. The fraction of sp³-hybridized carbons (Fsp3) is 0.0476. The van der Waals surface area contributed by atoms with Gasteiger partial charge in [0.05, 0.1) is 16.2 Å². The number of rotatable bonds is 7. The van der Waals surface area contributed by atoms with Crippen LogP contribution in [0, 0.1) is 15.9 Å². The molecule has 0 aliphatic heterocycles. The number of benzene rings is 3. The monoisotopic (exact) mass is 425 g/mol. The lowest BCUT2D eigenvalue weighted by Crippen LogP contribution is -2.14. The number of carbonyl (C=O) groups excluding carboxylic acids is 2. The van der Waals surface area contributed by atoms with Crippen molar-refractivity contribution in [2.24, 2.45) is 0 Å². The summed E-state index contributed by atoms with van der Waals surface area (Å²) in [4.78, 5) is 35.1. The van der Waals surface area contributed by atoms with Gasteiger partial charge >= 0.3 is 0 Å². The Balaban J connectivity index is 1.50. The summed E-state index contributed by atoms with van der Waals surface area (Å²) in [5.74, 6) is -1.26. The van der Waals surface area contributed by atoms with Crippen molar-refractivity contribution < 1.29 is 18.9 Å². The Morgan fingerprint density at radius 3 is 2.13 bits per heavy atom. The van der Waals surface area contributed by atoms with E-state index in [-0.39, 0.29) is 22.9 Å². The summed E-state index contributed by atoms with van der Waals surface area (Å²) in [6.07, 6.45) is 0. The fourth-order valence-electron chi connectivity index (χ4n) is 2.49. The minimum atomic E-state index is -0.596. The van der Waals surface area contributed by atoms with E-state index in [0.717, 1.165) is 4.90 Å². The van der Waals surface area contributed by atoms with Crippen molar-refractivity contribution in [2.45, 2.75) is 4.90 Å². The zero-order valence-electron chi connectivity index (χ0n) is 15.5. The molecule has 0 heterocycles. The third-order valence-electron chi connectivity index (χ3n) is 3.96. The van der Waals surface area contributed by atoms with Gasteiger partial charge in [-0.05, 0) is 48.5 Å². The van der Waals surface area contributed by atoms with Crippen molar-refractivity contribution in [3.05, 3.63) is 94.3 Å². The van der Waals surface area contributed by atoms with Crippen LogP contribution in [0.15, 0.2) is 77.7 Å². The molecule has 0 fully saturated rings. The van der Waals surface area contributed by atoms with Crippen molar-refractivity contribution in [2.75, 3.05) is 16.4 Å². The van der Waals surface area contributed by atoms with Crippen LogP contribution in [0.5, 0.6) is 0 Å². The molecule has 2 N–H and O–H groups in total. The Kier molecular flexibility index (Phi) is 6.76. The molecule has 152 valence electrons. The highest BCUT2D eigenvalue weighted by Gasteiger charge is 2.11. The van der Waals surface area contributed by atoms with E-state index >= 15 is 0 Å². The van der Waals surface area contributed by atoms with Gasteiger partial charge in [-0.1, -0.05) is 12.1 Å². The van der Waals surface area contributed by atoms with Crippen molar-refractivity contribution in [3.8, 4) is 0 Å². The maximum Gasteiger partial charge on any atom is 0.269 e. The fourth-order valence-corrected chi connectivity index (χ4v) is 3.19. The minimum absolute atomic E-state index is 0.0427. The minimum Gasteiger partial charge on any atom is -0.325 e. The van der Waals surface area contributed by atoms with E-state index in [2.05, 4.69) is 10.6 Å². The topological polar surface area (TPSA) is 101 Å². The Morgan fingerprint density at radius 1 is 0.900 bits per heavy atom. The third kappa shape index (κ3) is 5.65. The summed E-state index contributed by atoms with van der Waals surface area (Å²) in [6, 6.07) is 18.1. The van der Waals surface area contributed by atoms with Crippen LogP contribution in [0.25, 0.3) is 0 Å². The number of nitrogens with zero attached hydrogens (tertiary/aromatic N) is 1. The predicted octanol–water partition coefficient (Wildman–Crippen LogP) is 4.72. The number of nitro groups is 1. The number of non-ortho nitro benzene ring substituents is 1. The standard InChI is InChI=1S/C21H16FN3O4S/c22-19-4-2-1-3-18(19)21(27)24-15-7-11-17(12-8-15)30-13-20(26)23-14-5-9-16(10-6-14)25(28)29/h1-12H,13H2,(H,23,26)(H,24,27). The highest BCUT2D eigenvalue weighted by molar-refractivity contribution is 8.00. The molecule has 3 rings (SSSR count). The predicted molar refractivity (Wildman–Crippen MR) is 113 cm³/mol. The summed E-state index contributed by atoms with van der Waals surface area (Å²) >= 11 is 1.29. The molecule has 0 saturated heterocycles. The molecule has 0 bridgehead atoms. The van der Waals surface area contributed by atoms with Crippen LogP contribution in [0.1, 0.15) is 10.4 Å². The van der Waals surface area contributed by atoms with Crippen LogP contribution in [0.3, 0.4) is 0 Å². The third-order valence-corrected chi connectivity index (χ3v) is 4.97. The number of hydrogen-bond acceptors (Lipinski definition) is 5. The molecular formula is C21H16FN3O4S. The molecule has 0 unspecified atom stereocenters. The largest absolute Gasteiger partial charge is 0.325 e. The van der Waals surface area contributed by atoms with Crippen molar-refractivity contribution in [1.29, 1.82) is 0 Å². The van der Waals surface area contributed by atoms with Gasteiger partial charge in [-0.2, -0.15) is 0 Å². The summed E-state index contributed by atoms with van der Waals surface area (Å²) in [5, 5.41) is 15.9. The summed E-state index contributed by atoms with van der Waals surface area (Å²) in [7, 11) is 0. The van der Waals surface area contributed by atoms with Gasteiger partial charge < -0.3 is 10.6 Å². The van der Waals surface area contributed by atoms with Crippen molar-refractivity contribution in [3.63, 3.8) is 0 Å². The molecule has 3 aromatic carbocycles. The van der Waals surface area contributed by atoms with E-state index in [1.165, 1.54) is 54.2 Å². The van der Waals surface area contributed by atoms with Crippen LogP contribution in [0.4, 0.5) is 21.5 Å². The van der Waals surface area contributed by atoms with E-state index in [0.29, 0.717) is 11.4 Å². The van der Waals surface area contributed by atoms with Crippen molar-refractivity contribution >= 4 is 40.6 Å². The van der Waals surface area contributed by atoms with E-state index in [1.807, 2.05) is 0 Å². The average molecular weight is 425 g/mol. The normalized spacial score (nSPS) is 10.3. The van der Waals surface area contributed by atoms with Crippen LogP contribution in [-0.2, 0) is 4.79 Å². The first-order valence-corrected chi connectivity index (χ1v) is 9.74. The molecule has 0 atom stereocenters. The number of carbonyl (C=O) groups is 2. The number of nitrogens with one attached hydrogen (secondary N) is 2. The Labute approximate surface area is 175 Å². The van der Waals surface area contributed by atoms with Gasteiger partial charge in [-0.15, -0.1) is 11.8 Å². The number of amides is 2. The van der Waals surface area contributed by atoms with Gasteiger partial charge in [0.25, 0.3) is 11.6 Å². The maximum absolute atomic E-state index is 13.7. The zero-order chi connectivity index (χ0) is 21.5. The summed E-state index contributed by atoms with van der Waals surface area (Å²) in [5.41, 5.74) is 0.878. The SMILES string of the molecule is O=C(CSc1ccc(NC(=O)c2ccccc2F)cc1)Nc1ccc([N+](=O)[O-])cc1. The van der Waals surface area contributed by atoms with Gasteiger partial charge in [-0.25, -0.2) is 4.39 Å². The highest BCUT2D eigenvalue weighted by Crippen LogP contribution is 2.22. The Bertz CT molecular complexity index is 1070. The molecule has 0 aliphatic rings. The molecule has 0 radical (unpaired) electrons. The van der Waals surface area contributed by atoms with Gasteiger partial charge in [0.15, 0.2) is 0 Å². The first-order valence-electron chi connectivity index (χ1n) is 8.75. The molecule has 0 aliphatic carbocycles. The highest BCUT2D eigenvalue weighted by atomic mass is 32.2. The molecule has 0 spiro atoms. The quantitative estimate of drug-likeness (QED) is 0.324. The van der Waals surface area contributed by atoms with Gasteiger partial charge in [0, 0.05) is 28.4 Å². The molecule has 30 heavy (non-hydrogen) atoms. The maximum atomic E-state index is 13.7. The number of thioether (sulfide) groups is 1. The molecule has 7 nitrogen and oxygen atoms in total. The molecule has 0 aromatic heterocycles. The van der Waals surface area contributed by atoms with E-state index < -0.39 is 16.6 Å². The van der Waals surface area contributed by atoms with Gasteiger partial charge in [0.1, 0.15) is 5.82 Å². The zero-order valence-corrected chi connectivity index (χ0v) is 16.3. The lowest BCUT2D eigenvalue weighted by atomic mass is 10.2. The summed E-state index contributed by atoms with van der Waals surface area (Å²) < 4.78 is 13.7. The van der Waals surface area contributed by atoms with Crippen LogP contribution in [0.2, 0.25) is 0 Å². The van der Waals surface area contributed by atoms with E-state index in [4.69, 9.17) is 0 Å².